The maximum absolute atomic E-state index is 11.3. The van der Waals surface area contributed by atoms with Gasteiger partial charge in [0.25, 0.3) is 0 Å². The minimum absolute atomic E-state index is 0.0373. The Hall–Kier alpha value is 0.890. The van der Waals surface area contributed by atoms with Crippen LogP contribution in [0.1, 0.15) is 27.2 Å². The standard InChI is InChI=1S/C8H19O2PS2/c1-8(2,3)13-11(9)10-6-5-7-12-4/h11H,5-7H2,1-4H3. The van der Waals surface area contributed by atoms with Gasteiger partial charge in [0.15, 0.2) is 0 Å². The highest BCUT2D eigenvalue weighted by Gasteiger charge is 2.15. The molecule has 80 valence electrons. The van der Waals surface area contributed by atoms with Crippen LogP contribution in [0.3, 0.4) is 0 Å². The first-order chi connectivity index (χ1) is 5.95. The third-order valence-corrected chi connectivity index (χ3v) is 5.71. The Labute approximate surface area is 90.2 Å². The van der Waals surface area contributed by atoms with Crippen LogP contribution in [0.5, 0.6) is 0 Å². The summed E-state index contributed by atoms with van der Waals surface area (Å²) in [5.74, 6) is 1.08. The Morgan fingerprint density at radius 3 is 2.46 bits per heavy atom. The largest absolute Gasteiger partial charge is 0.323 e. The van der Waals surface area contributed by atoms with Crippen molar-refractivity contribution in [2.45, 2.75) is 31.9 Å². The third-order valence-electron chi connectivity index (χ3n) is 1.10. The molecule has 1 atom stereocenters. The van der Waals surface area contributed by atoms with Crippen molar-refractivity contribution in [3.8, 4) is 0 Å². The predicted octanol–water partition coefficient (Wildman–Crippen LogP) is 3.68. The fourth-order valence-corrected chi connectivity index (χ4v) is 3.84. The average Bonchev–Trinajstić information content (AvgIpc) is 1.94. The van der Waals surface area contributed by atoms with Crippen LogP contribution in [-0.2, 0) is 9.09 Å². The van der Waals surface area contributed by atoms with Crippen molar-refractivity contribution in [3.05, 3.63) is 0 Å². The predicted molar refractivity (Wildman–Crippen MR) is 65.3 cm³/mol. The average molecular weight is 242 g/mol. The monoisotopic (exact) mass is 242 g/mol. The van der Waals surface area contributed by atoms with Crippen LogP contribution in [0.4, 0.5) is 0 Å². The molecule has 0 amide bonds. The Bertz CT molecular complexity index is 157. The molecule has 0 fully saturated rings. The number of hydrogen-bond donors (Lipinski definition) is 0. The summed E-state index contributed by atoms with van der Waals surface area (Å²) in [5.41, 5.74) is 0. The van der Waals surface area contributed by atoms with Gasteiger partial charge in [-0.25, -0.2) is 0 Å². The zero-order valence-corrected chi connectivity index (χ0v) is 11.4. The second kappa shape index (κ2) is 7.22. The molecular weight excluding hydrogens is 223 g/mol. The summed E-state index contributed by atoms with van der Waals surface area (Å²) >= 11 is 3.22. The van der Waals surface area contributed by atoms with E-state index in [1.807, 2.05) is 20.8 Å². The smallest absolute Gasteiger partial charge is 0.246 e. The molecule has 5 heteroatoms. The van der Waals surface area contributed by atoms with Crippen molar-refractivity contribution in [3.63, 3.8) is 0 Å². The van der Waals surface area contributed by atoms with Gasteiger partial charge in [-0.2, -0.15) is 11.8 Å². The second-order valence-electron chi connectivity index (χ2n) is 3.66. The van der Waals surface area contributed by atoms with E-state index in [4.69, 9.17) is 4.52 Å². The normalized spacial score (nSPS) is 14.5. The minimum Gasteiger partial charge on any atom is -0.323 e. The summed E-state index contributed by atoms with van der Waals surface area (Å²) < 4.78 is 16.6. The molecule has 0 aromatic carbocycles. The van der Waals surface area contributed by atoms with Crippen LogP contribution < -0.4 is 0 Å². The van der Waals surface area contributed by atoms with Crippen molar-refractivity contribution in [2.75, 3.05) is 18.6 Å². The lowest BCUT2D eigenvalue weighted by molar-refractivity contribution is 0.340. The first kappa shape index (κ1) is 13.9. The van der Waals surface area contributed by atoms with E-state index in [1.54, 1.807) is 11.8 Å². The number of thioether (sulfide) groups is 1. The Morgan fingerprint density at radius 2 is 2.00 bits per heavy atom. The molecular formula is C8H19O2PS2. The molecule has 1 unspecified atom stereocenters. The van der Waals surface area contributed by atoms with E-state index in [0.29, 0.717) is 6.61 Å². The van der Waals surface area contributed by atoms with Crippen LogP contribution in [0.2, 0.25) is 0 Å². The van der Waals surface area contributed by atoms with E-state index in [9.17, 15) is 4.57 Å². The Kier molecular flexibility index (Phi) is 7.71. The SMILES string of the molecule is CSCCCO[PH](=O)SC(C)(C)C. The third kappa shape index (κ3) is 10.8. The van der Waals surface area contributed by atoms with Gasteiger partial charge in [0, 0.05) is 4.75 Å². The maximum Gasteiger partial charge on any atom is 0.246 e. The lowest BCUT2D eigenvalue weighted by atomic mass is 10.3. The Morgan fingerprint density at radius 1 is 1.38 bits per heavy atom. The lowest BCUT2D eigenvalue weighted by Gasteiger charge is -2.16. The first-order valence-corrected chi connectivity index (χ1v) is 8.55. The fourth-order valence-electron chi connectivity index (χ4n) is 0.638. The molecule has 0 aliphatic heterocycles. The fraction of sp³-hybridized carbons (Fsp3) is 1.00. The van der Waals surface area contributed by atoms with Gasteiger partial charge in [-0.3, -0.25) is 4.57 Å². The van der Waals surface area contributed by atoms with Crippen molar-refractivity contribution in [1.29, 1.82) is 0 Å². The van der Waals surface area contributed by atoms with Gasteiger partial charge in [-0.15, -0.1) is 0 Å². The summed E-state index contributed by atoms with van der Waals surface area (Å²) in [6.45, 7) is 6.77. The summed E-state index contributed by atoms with van der Waals surface area (Å²) in [6, 6.07) is 0. The molecule has 13 heavy (non-hydrogen) atoms. The highest BCUT2D eigenvalue weighted by Crippen LogP contribution is 2.47. The molecule has 0 aliphatic rings. The van der Waals surface area contributed by atoms with E-state index in [0.717, 1.165) is 12.2 Å². The van der Waals surface area contributed by atoms with Crippen molar-refractivity contribution >= 4 is 30.4 Å². The lowest BCUT2D eigenvalue weighted by Crippen LogP contribution is -2.04. The maximum atomic E-state index is 11.3. The molecule has 0 aromatic rings. The van der Waals surface area contributed by atoms with E-state index in [2.05, 4.69) is 6.26 Å². The molecule has 0 bridgehead atoms. The van der Waals surface area contributed by atoms with Crippen LogP contribution in [-0.4, -0.2) is 23.4 Å². The van der Waals surface area contributed by atoms with Gasteiger partial charge in [-0.1, -0.05) is 32.2 Å². The summed E-state index contributed by atoms with van der Waals surface area (Å²) in [4.78, 5) is 0. The zero-order chi connectivity index (χ0) is 10.3. The molecule has 0 aliphatic carbocycles. The molecule has 2 nitrogen and oxygen atoms in total. The number of hydrogen-bond acceptors (Lipinski definition) is 4. The van der Waals surface area contributed by atoms with E-state index in [-0.39, 0.29) is 4.75 Å². The summed E-state index contributed by atoms with van der Waals surface area (Å²) in [5, 5.41) is 0. The van der Waals surface area contributed by atoms with E-state index < -0.39 is 7.23 Å². The molecule has 0 aromatic heterocycles. The molecule has 0 radical (unpaired) electrons. The second-order valence-corrected chi connectivity index (χ2v) is 8.47. The number of rotatable bonds is 6. The minimum atomic E-state index is -1.87. The van der Waals surface area contributed by atoms with Crippen molar-refractivity contribution in [1.82, 2.24) is 0 Å². The molecule has 0 spiro atoms. The van der Waals surface area contributed by atoms with Gasteiger partial charge in [0.05, 0.1) is 6.61 Å². The zero-order valence-electron chi connectivity index (χ0n) is 8.75. The van der Waals surface area contributed by atoms with Gasteiger partial charge < -0.3 is 4.52 Å². The molecule has 0 saturated carbocycles. The first-order valence-electron chi connectivity index (χ1n) is 4.30. The molecule has 0 saturated heterocycles. The topological polar surface area (TPSA) is 26.3 Å². The molecule has 0 rings (SSSR count). The van der Waals surface area contributed by atoms with Crippen LogP contribution in [0, 0.1) is 0 Å². The van der Waals surface area contributed by atoms with Gasteiger partial charge in [0.1, 0.15) is 0 Å². The van der Waals surface area contributed by atoms with Gasteiger partial charge >= 0.3 is 0 Å². The van der Waals surface area contributed by atoms with Gasteiger partial charge in [0.2, 0.25) is 7.23 Å². The van der Waals surface area contributed by atoms with Gasteiger partial charge in [-0.05, 0) is 18.4 Å². The Balaban J connectivity index is 3.41. The van der Waals surface area contributed by atoms with E-state index in [1.165, 1.54) is 11.4 Å². The summed E-state index contributed by atoms with van der Waals surface area (Å²) in [6.07, 6.45) is 3.05. The van der Waals surface area contributed by atoms with E-state index >= 15 is 0 Å². The summed E-state index contributed by atoms with van der Waals surface area (Å²) in [7, 11) is -1.87. The highest BCUT2D eigenvalue weighted by atomic mass is 32.7. The van der Waals surface area contributed by atoms with Crippen molar-refractivity contribution in [2.24, 2.45) is 0 Å². The molecule has 0 heterocycles. The molecule has 0 N–H and O–H groups in total. The van der Waals surface area contributed by atoms with Crippen LogP contribution >= 0.6 is 30.4 Å². The highest BCUT2D eigenvalue weighted by molar-refractivity contribution is 8.50. The van der Waals surface area contributed by atoms with Crippen molar-refractivity contribution < 1.29 is 9.09 Å². The quantitative estimate of drug-likeness (QED) is 0.524. The van der Waals surface area contributed by atoms with Crippen LogP contribution in [0.15, 0.2) is 0 Å². The van der Waals surface area contributed by atoms with Crippen LogP contribution in [0.25, 0.3) is 0 Å².